The number of likely N-dealkylation sites (N-methyl/N-ethyl adjacent to an activating group) is 1. The molecule has 0 fully saturated rings. The summed E-state index contributed by atoms with van der Waals surface area (Å²) in [4.78, 5) is 5.88. The summed E-state index contributed by atoms with van der Waals surface area (Å²) in [5.74, 6) is 1.63. The number of hydrogen-bond donors (Lipinski definition) is 0. The molecule has 1 heterocycles. The highest BCUT2D eigenvalue weighted by Crippen LogP contribution is 2.32. The zero-order valence-electron chi connectivity index (χ0n) is 14.7. The number of aryl methyl sites for hydroxylation is 3. The van der Waals surface area contributed by atoms with Crippen LogP contribution in [0.5, 0.6) is 0 Å². The van der Waals surface area contributed by atoms with Crippen LogP contribution in [-0.4, -0.2) is 25.3 Å². The minimum atomic E-state index is 0. The Morgan fingerprint density at radius 2 is 2.17 bits per heavy atom. The molecule has 1 aromatic heterocycles. The molecule has 0 N–H and O–H groups in total. The first-order valence-electron chi connectivity index (χ1n) is 8.68. The van der Waals surface area contributed by atoms with Gasteiger partial charge in [0.2, 0.25) is 0 Å². The molecule has 1 aromatic carbocycles. The number of rotatable bonds is 7. The van der Waals surface area contributed by atoms with Gasteiger partial charge in [-0.2, -0.15) is 5.06 Å². The minimum absolute atomic E-state index is 0. The first-order chi connectivity index (χ1) is 11.2. The van der Waals surface area contributed by atoms with Crippen LogP contribution in [0.3, 0.4) is 0 Å². The van der Waals surface area contributed by atoms with E-state index in [1.807, 2.05) is 17.2 Å². The average molecular weight is 350 g/mol. The number of halogens is 1. The number of fused-ring (bicyclic) bond motifs is 1. The highest BCUT2D eigenvalue weighted by Gasteiger charge is 2.21. The van der Waals surface area contributed by atoms with Crippen LogP contribution in [0.2, 0.25) is 0 Å². The fraction of sp³-hybridized carbons (Fsp3) is 0.500. The van der Waals surface area contributed by atoms with Gasteiger partial charge in [-0.25, -0.2) is 0 Å². The van der Waals surface area contributed by atoms with Crippen molar-refractivity contribution in [1.82, 2.24) is 5.06 Å². The van der Waals surface area contributed by atoms with Crippen molar-refractivity contribution in [1.29, 1.82) is 0 Å². The van der Waals surface area contributed by atoms with Crippen LogP contribution in [0.1, 0.15) is 47.6 Å². The molecule has 0 bridgehead atoms. The van der Waals surface area contributed by atoms with E-state index in [1.54, 1.807) is 6.26 Å². The van der Waals surface area contributed by atoms with Gasteiger partial charge < -0.3 is 4.42 Å². The highest BCUT2D eigenvalue weighted by molar-refractivity contribution is 5.85. The fourth-order valence-electron chi connectivity index (χ4n) is 3.49. The molecule has 0 saturated carbocycles. The molecular weight excluding hydrogens is 322 g/mol. The fourth-order valence-corrected chi connectivity index (χ4v) is 3.49. The van der Waals surface area contributed by atoms with E-state index < -0.39 is 0 Å². The highest BCUT2D eigenvalue weighted by atomic mass is 35.5. The van der Waals surface area contributed by atoms with Gasteiger partial charge in [0.15, 0.2) is 0 Å². The molecule has 0 amide bonds. The number of benzene rings is 1. The summed E-state index contributed by atoms with van der Waals surface area (Å²) in [6, 6.07) is 10.9. The number of hydrogen-bond acceptors (Lipinski definition) is 3. The maximum Gasteiger partial charge on any atom is 0.103 e. The van der Waals surface area contributed by atoms with E-state index in [-0.39, 0.29) is 12.4 Å². The molecule has 4 heteroatoms. The van der Waals surface area contributed by atoms with Crippen LogP contribution in [0.15, 0.2) is 41.0 Å². The Kier molecular flexibility index (Phi) is 7.35. The van der Waals surface area contributed by atoms with Gasteiger partial charge in [0.1, 0.15) is 5.76 Å². The molecule has 1 unspecified atom stereocenters. The van der Waals surface area contributed by atoms with Gasteiger partial charge in [0.25, 0.3) is 0 Å². The smallest absolute Gasteiger partial charge is 0.103 e. The quantitative estimate of drug-likeness (QED) is 0.523. The Balaban J connectivity index is 0.00000208. The molecule has 3 nitrogen and oxygen atoms in total. The van der Waals surface area contributed by atoms with Gasteiger partial charge in [-0.15, -0.1) is 12.4 Å². The molecule has 3 rings (SSSR count). The van der Waals surface area contributed by atoms with Gasteiger partial charge in [0.05, 0.1) is 12.9 Å². The molecule has 0 spiro atoms. The second kappa shape index (κ2) is 9.26. The predicted molar refractivity (Wildman–Crippen MR) is 99.7 cm³/mol. The maximum absolute atomic E-state index is 5.88. The SMILES string of the molecule is Cc1ccc2c(c1)C(CN(C)OCCCc1ccco1)CCC2.Cl. The van der Waals surface area contributed by atoms with Gasteiger partial charge in [-0.05, 0) is 61.8 Å². The lowest BCUT2D eigenvalue weighted by Crippen LogP contribution is -2.27. The summed E-state index contributed by atoms with van der Waals surface area (Å²) in [5.41, 5.74) is 4.41. The van der Waals surface area contributed by atoms with Crippen molar-refractivity contribution in [3.05, 3.63) is 59.0 Å². The standard InChI is InChI=1S/C20H27NO2.ClH/c1-16-10-11-17-6-3-7-18(20(17)14-16)15-21(2)23-13-5-9-19-8-4-12-22-19;/h4,8,10-12,14,18H,3,5-7,9,13,15H2,1-2H3;1H. The van der Waals surface area contributed by atoms with Crippen molar-refractivity contribution >= 4 is 12.4 Å². The topological polar surface area (TPSA) is 25.6 Å². The summed E-state index contributed by atoms with van der Waals surface area (Å²) in [5, 5.41) is 2.02. The van der Waals surface area contributed by atoms with E-state index >= 15 is 0 Å². The Labute approximate surface area is 151 Å². The normalized spacial score (nSPS) is 16.7. The van der Waals surface area contributed by atoms with Gasteiger partial charge >= 0.3 is 0 Å². The molecule has 132 valence electrons. The van der Waals surface area contributed by atoms with E-state index in [4.69, 9.17) is 9.25 Å². The molecule has 1 atom stereocenters. The Bertz CT molecular complexity index is 612. The zero-order valence-corrected chi connectivity index (χ0v) is 15.5. The second-order valence-corrected chi connectivity index (χ2v) is 6.62. The van der Waals surface area contributed by atoms with Crippen molar-refractivity contribution in [2.45, 2.75) is 44.9 Å². The Morgan fingerprint density at radius 3 is 2.96 bits per heavy atom. The summed E-state index contributed by atoms with van der Waals surface area (Å²) < 4.78 is 5.34. The molecule has 0 aliphatic heterocycles. The van der Waals surface area contributed by atoms with Crippen LogP contribution in [0.4, 0.5) is 0 Å². The van der Waals surface area contributed by atoms with Gasteiger partial charge in [0, 0.05) is 20.0 Å². The summed E-state index contributed by atoms with van der Waals surface area (Å²) in [6.07, 6.45) is 7.42. The van der Waals surface area contributed by atoms with Crippen LogP contribution >= 0.6 is 12.4 Å². The largest absolute Gasteiger partial charge is 0.469 e. The molecule has 24 heavy (non-hydrogen) atoms. The molecule has 1 aliphatic carbocycles. The lowest BCUT2D eigenvalue weighted by atomic mass is 9.82. The van der Waals surface area contributed by atoms with Crippen molar-refractivity contribution < 1.29 is 9.25 Å². The first-order valence-corrected chi connectivity index (χ1v) is 8.68. The van der Waals surface area contributed by atoms with Crippen LogP contribution in [0.25, 0.3) is 0 Å². The van der Waals surface area contributed by atoms with Crippen molar-refractivity contribution in [2.75, 3.05) is 20.2 Å². The monoisotopic (exact) mass is 349 g/mol. The summed E-state index contributed by atoms with van der Waals surface area (Å²) in [7, 11) is 2.05. The van der Waals surface area contributed by atoms with E-state index in [0.29, 0.717) is 5.92 Å². The average Bonchev–Trinajstić information content (AvgIpc) is 3.05. The number of furan rings is 1. The van der Waals surface area contributed by atoms with E-state index in [0.717, 1.165) is 31.8 Å². The molecule has 0 radical (unpaired) electrons. The van der Waals surface area contributed by atoms with Crippen molar-refractivity contribution in [3.8, 4) is 0 Å². The zero-order chi connectivity index (χ0) is 16.1. The van der Waals surface area contributed by atoms with Crippen LogP contribution in [-0.2, 0) is 17.7 Å². The van der Waals surface area contributed by atoms with E-state index in [9.17, 15) is 0 Å². The Hall–Kier alpha value is -1.29. The Morgan fingerprint density at radius 1 is 1.29 bits per heavy atom. The van der Waals surface area contributed by atoms with Crippen molar-refractivity contribution in [2.24, 2.45) is 0 Å². The van der Waals surface area contributed by atoms with Crippen LogP contribution in [0, 0.1) is 6.92 Å². The van der Waals surface area contributed by atoms with E-state index in [2.05, 4.69) is 32.2 Å². The number of hydroxylamine groups is 2. The minimum Gasteiger partial charge on any atom is -0.469 e. The lowest BCUT2D eigenvalue weighted by Gasteiger charge is -2.29. The van der Waals surface area contributed by atoms with E-state index in [1.165, 1.54) is 36.0 Å². The third-order valence-corrected chi connectivity index (χ3v) is 4.68. The number of nitrogens with zero attached hydrogens (tertiary/aromatic N) is 1. The summed E-state index contributed by atoms with van der Waals surface area (Å²) in [6.45, 7) is 3.89. The van der Waals surface area contributed by atoms with Crippen molar-refractivity contribution in [3.63, 3.8) is 0 Å². The molecule has 2 aromatic rings. The third-order valence-electron chi connectivity index (χ3n) is 4.68. The third kappa shape index (κ3) is 5.10. The molecule has 1 aliphatic rings. The molecule has 0 saturated heterocycles. The molecular formula is C20H28ClNO2. The van der Waals surface area contributed by atoms with Crippen LogP contribution < -0.4 is 0 Å². The maximum atomic E-state index is 5.88. The first kappa shape index (κ1) is 19.0. The second-order valence-electron chi connectivity index (χ2n) is 6.62. The van der Waals surface area contributed by atoms with Gasteiger partial charge in [-0.3, -0.25) is 4.84 Å². The predicted octanol–water partition coefficient (Wildman–Crippen LogP) is 4.93. The van der Waals surface area contributed by atoms with Gasteiger partial charge in [-0.1, -0.05) is 23.8 Å². The summed E-state index contributed by atoms with van der Waals surface area (Å²) >= 11 is 0. The lowest BCUT2D eigenvalue weighted by molar-refractivity contribution is -0.144.